The summed E-state index contributed by atoms with van der Waals surface area (Å²) in [5, 5.41) is 6.48. The first kappa shape index (κ1) is 19.1. The largest absolute Gasteiger partial charge is 0.318 e. The van der Waals surface area contributed by atoms with Gasteiger partial charge in [-0.3, -0.25) is 9.59 Å². The van der Waals surface area contributed by atoms with E-state index in [1.807, 2.05) is 24.3 Å². The highest BCUT2D eigenvalue weighted by Crippen LogP contribution is 2.31. The van der Waals surface area contributed by atoms with Crippen LogP contribution in [0.3, 0.4) is 0 Å². The fourth-order valence-corrected chi connectivity index (χ4v) is 4.05. The summed E-state index contributed by atoms with van der Waals surface area (Å²) in [6.07, 6.45) is 0. The Labute approximate surface area is 176 Å². The first-order valence-electron chi connectivity index (χ1n) is 8.83. The number of rotatable bonds is 3. The van der Waals surface area contributed by atoms with Gasteiger partial charge in [-0.05, 0) is 67.1 Å². The number of benzene rings is 3. The SMILES string of the molecule is Cc1ccc2nc(-c3ccc(NC(=O)C(=O)Nc4cccc(Cl)c4)cc3)sc2c1. The molecular formula is C22H16ClN3O2S. The third-order valence-electron chi connectivity index (χ3n) is 4.22. The summed E-state index contributed by atoms with van der Waals surface area (Å²) in [4.78, 5) is 28.9. The molecule has 5 nitrogen and oxygen atoms in total. The van der Waals surface area contributed by atoms with Crippen LogP contribution in [0.5, 0.6) is 0 Å². The quantitative estimate of drug-likeness (QED) is 0.429. The molecule has 0 aliphatic rings. The summed E-state index contributed by atoms with van der Waals surface area (Å²) in [7, 11) is 0. The van der Waals surface area contributed by atoms with Crippen LogP contribution in [0.4, 0.5) is 11.4 Å². The predicted molar refractivity (Wildman–Crippen MR) is 119 cm³/mol. The lowest BCUT2D eigenvalue weighted by molar-refractivity contribution is -0.132. The average molecular weight is 422 g/mol. The van der Waals surface area contributed by atoms with Crippen molar-refractivity contribution in [1.29, 1.82) is 0 Å². The van der Waals surface area contributed by atoms with Crippen LogP contribution in [-0.2, 0) is 9.59 Å². The number of amides is 2. The molecule has 4 rings (SSSR count). The number of aryl methyl sites for hydroxylation is 1. The second kappa shape index (κ2) is 8.03. The minimum absolute atomic E-state index is 0.457. The third kappa shape index (κ3) is 4.45. The highest BCUT2D eigenvalue weighted by molar-refractivity contribution is 7.21. The highest BCUT2D eigenvalue weighted by Gasteiger charge is 2.14. The van der Waals surface area contributed by atoms with E-state index in [1.54, 1.807) is 47.7 Å². The number of nitrogens with zero attached hydrogens (tertiary/aromatic N) is 1. The molecule has 4 aromatic rings. The lowest BCUT2D eigenvalue weighted by atomic mass is 10.2. The second-order valence-corrected chi connectivity index (χ2v) is 7.95. The lowest BCUT2D eigenvalue weighted by Crippen LogP contribution is -2.29. The van der Waals surface area contributed by atoms with Crippen LogP contribution >= 0.6 is 22.9 Å². The number of aromatic nitrogens is 1. The smallest absolute Gasteiger partial charge is 0.314 e. The molecule has 0 aliphatic heterocycles. The minimum Gasteiger partial charge on any atom is -0.318 e. The Bertz CT molecular complexity index is 1220. The molecule has 2 amide bonds. The molecular weight excluding hydrogens is 406 g/mol. The summed E-state index contributed by atoms with van der Waals surface area (Å²) < 4.78 is 1.13. The molecule has 1 aromatic heterocycles. The van der Waals surface area contributed by atoms with E-state index >= 15 is 0 Å². The normalized spacial score (nSPS) is 10.7. The first-order valence-corrected chi connectivity index (χ1v) is 10.0. The van der Waals surface area contributed by atoms with E-state index in [4.69, 9.17) is 11.6 Å². The van der Waals surface area contributed by atoms with E-state index < -0.39 is 11.8 Å². The minimum atomic E-state index is -0.766. The standard InChI is InChI=1S/C22H16ClN3O2S/c1-13-5-10-18-19(11-13)29-22(26-18)14-6-8-16(9-7-14)24-20(27)21(28)25-17-4-2-3-15(23)12-17/h2-12H,1H3,(H,24,27)(H,25,28). The van der Waals surface area contributed by atoms with Gasteiger partial charge in [0, 0.05) is 22.0 Å². The molecule has 2 N–H and O–H groups in total. The summed E-state index contributed by atoms with van der Waals surface area (Å²) in [5.41, 5.74) is 4.09. The Morgan fingerprint density at radius 1 is 0.897 bits per heavy atom. The van der Waals surface area contributed by atoms with E-state index in [-0.39, 0.29) is 0 Å². The van der Waals surface area contributed by atoms with Gasteiger partial charge in [0.25, 0.3) is 0 Å². The van der Waals surface area contributed by atoms with Crippen LogP contribution < -0.4 is 10.6 Å². The molecule has 29 heavy (non-hydrogen) atoms. The highest BCUT2D eigenvalue weighted by atomic mass is 35.5. The van der Waals surface area contributed by atoms with Crippen LogP contribution in [0.2, 0.25) is 5.02 Å². The van der Waals surface area contributed by atoms with Crippen LogP contribution in [0.1, 0.15) is 5.56 Å². The first-order chi connectivity index (χ1) is 14.0. The summed E-state index contributed by atoms with van der Waals surface area (Å²) >= 11 is 7.50. The van der Waals surface area contributed by atoms with Gasteiger partial charge in [0.2, 0.25) is 0 Å². The Morgan fingerprint density at radius 3 is 2.34 bits per heavy atom. The maximum atomic E-state index is 12.1. The van der Waals surface area contributed by atoms with Gasteiger partial charge in [-0.15, -0.1) is 11.3 Å². The van der Waals surface area contributed by atoms with E-state index in [9.17, 15) is 9.59 Å². The van der Waals surface area contributed by atoms with Crippen LogP contribution in [0.25, 0.3) is 20.8 Å². The third-order valence-corrected chi connectivity index (χ3v) is 5.52. The molecule has 1 heterocycles. The maximum absolute atomic E-state index is 12.1. The Kier molecular flexibility index (Phi) is 5.29. The van der Waals surface area contributed by atoms with E-state index in [0.29, 0.717) is 16.4 Å². The van der Waals surface area contributed by atoms with Crippen LogP contribution in [-0.4, -0.2) is 16.8 Å². The number of carbonyl (C=O) groups is 2. The number of halogens is 1. The van der Waals surface area contributed by atoms with E-state index in [0.717, 1.165) is 20.8 Å². The average Bonchev–Trinajstić information content (AvgIpc) is 3.11. The maximum Gasteiger partial charge on any atom is 0.314 e. The molecule has 3 aromatic carbocycles. The van der Waals surface area contributed by atoms with Crippen molar-refractivity contribution in [3.05, 3.63) is 77.3 Å². The lowest BCUT2D eigenvalue weighted by Gasteiger charge is -2.07. The van der Waals surface area contributed by atoms with Gasteiger partial charge >= 0.3 is 11.8 Å². The number of thiazole rings is 1. The van der Waals surface area contributed by atoms with Gasteiger partial charge in [-0.25, -0.2) is 4.98 Å². The van der Waals surface area contributed by atoms with Gasteiger partial charge in [0.15, 0.2) is 0 Å². The van der Waals surface area contributed by atoms with Crippen molar-refractivity contribution in [2.24, 2.45) is 0 Å². The van der Waals surface area contributed by atoms with Crippen molar-refractivity contribution in [2.45, 2.75) is 6.92 Å². The summed E-state index contributed by atoms with van der Waals surface area (Å²) in [6.45, 7) is 2.05. The predicted octanol–water partition coefficient (Wildman–Crippen LogP) is 5.50. The number of anilines is 2. The molecule has 0 saturated carbocycles. The summed E-state index contributed by atoms with van der Waals surface area (Å²) in [5.74, 6) is -1.52. The van der Waals surface area contributed by atoms with E-state index in [1.165, 1.54) is 5.56 Å². The van der Waals surface area contributed by atoms with Gasteiger partial charge in [0.1, 0.15) is 5.01 Å². The monoisotopic (exact) mass is 421 g/mol. The Balaban J connectivity index is 1.44. The molecule has 0 spiro atoms. The molecule has 0 aliphatic carbocycles. The Morgan fingerprint density at radius 2 is 1.62 bits per heavy atom. The van der Waals surface area contributed by atoms with Crippen LogP contribution in [0.15, 0.2) is 66.7 Å². The van der Waals surface area contributed by atoms with Crippen LogP contribution in [0, 0.1) is 6.92 Å². The number of nitrogens with one attached hydrogen (secondary N) is 2. The Hall–Kier alpha value is -3.22. The zero-order chi connectivity index (χ0) is 20.4. The zero-order valence-corrected chi connectivity index (χ0v) is 17.0. The van der Waals surface area contributed by atoms with Crippen molar-refractivity contribution in [3.8, 4) is 10.6 Å². The van der Waals surface area contributed by atoms with Crippen molar-refractivity contribution in [3.63, 3.8) is 0 Å². The van der Waals surface area contributed by atoms with Crippen molar-refractivity contribution in [1.82, 2.24) is 4.98 Å². The van der Waals surface area contributed by atoms with Crippen molar-refractivity contribution in [2.75, 3.05) is 10.6 Å². The molecule has 0 fully saturated rings. The fourth-order valence-electron chi connectivity index (χ4n) is 2.79. The van der Waals surface area contributed by atoms with Crippen molar-refractivity contribution < 1.29 is 9.59 Å². The van der Waals surface area contributed by atoms with Gasteiger partial charge in [-0.2, -0.15) is 0 Å². The topological polar surface area (TPSA) is 71.1 Å². The molecule has 7 heteroatoms. The number of hydrogen-bond donors (Lipinski definition) is 2. The van der Waals surface area contributed by atoms with Gasteiger partial charge < -0.3 is 10.6 Å². The number of carbonyl (C=O) groups excluding carboxylic acids is 2. The second-order valence-electron chi connectivity index (χ2n) is 6.49. The van der Waals surface area contributed by atoms with Gasteiger partial charge in [0.05, 0.1) is 10.2 Å². The molecule has 0 bridgehead atoms. The number of fused-ring (bicyclic) bond motifs is 1. The molecule has 0 radical (unpaired) electrons. The number of hydrogen-bond acceptors (Lipinski definition) is 4. The molecule has 0 unspecified atom stereocenters. The summed E-state index contributed by atoms with van der Waals surface area (Å²) in [6, 6.07) is 20.0. The molecule has 144 valence electrons. The molecule has 0 atom stereocenters. The van der Waals surface area contributed by atoms with E-state index in [2.05, 4.69) is 28.6 Å². The fraction of sp³-hybridized carbons (Fsp3) is 0.0455. The zero-order valence-electron chi connectivity index (χ0n) is 15.4. The molecule has 0 saturated heterocycles. The van der Waals surface area contributed by atoms with Gasteiger partial charge in [-0.1, -0.05) is 23.7 Å². The van der Waals surface area contributed by atoms with Crippen molar-refractivity contribution >= 4 is 56.3 Å².